The third kappa shape index (κ3) is 4.14. The van der Waals surface area contributed by atoms with Crippen molar-refractivity contribution in [3.8, 4) is 5.88 Å². The molecule has 1 atom stereocenters. The number of hydrogen-bond donors (Lipinski definition) is 0. The maximum absolute atomic E-state index is 13.0. The molecule has 2 aromatic heterocycles. The van der Waals surface area contributed by atoms with Gasteiger partial charge in [0.25, 0.3) is 5.91 Å². The van der Waals surface area contributed by atoms with Crippen LogP contribution < -0.4 is 4.74 Å². The van der Waals surface area contributed by atoms with Crippen LogP contribution in [0.15, 0.2) is 23.8 Å². The van der Waals surface area contributed by atoms with Crippen molar-refractivity contribution in [3.63, 3.8) is 0 Å². The third-order valence-electron chi connectivity index (χ3n) is 4.28. The Morgan fingerprint density at radius 2 is 2.23 bits per heavy atom. The van der Waals surface area contributed by atoms with E-state index in [-0.39, 0.29) is 18.4 Å². The van der Waals surface area contributed by atoms with Crippen molar-refractivity contribution in [3.05, 3.63) is 40.0 Å². The normalized spacial score (nSPS) is 18.0. The molecule has 3 rings (SSSR count). The van der Waals surface area contributed by atoms with Gasteiger partial charge < -0.3 is 9.64 Å². The Morgan fingerprint density at radius 3 is 2.92 bits per heavy atom. The number of piperidine rings is 1. The molecular weight excluding hydrogens is 367 g/mol. The molecule has 5 nitrogen and oxygen atoms in total. The van der Waals surface area contributed by atoms with Crippen LogP contribution in [-0.2, 0) is 6.18 Å². The average Bonchev–Trinajstić information content (AvgIpc) is 3.05. The van der Waals surface area contributed by atoms with Crippen molar-refractivity contribution >= 4 is 17.2 Å². The number of pyridine rings is 1. The van der Waals surface area contributed by atoms with E-state index in [1.165, 1.54) is 23.6 Å². The molecule has 0 spiro atoms. The van der Waals surface area contributed by atoms with E-state index >= 15 is 0 Å². The molecule has 26 heavy (non-hydrogen) atoms. The van der Waals surface area contributed by atoms with Gasteiger partial charge in [-0.1, -0.05) is 0 Å². The lowest BCUT2D eigenvalue weighted by atomic mass is 9.98. The van der Waals surface area contributed by atoms with Crippen LogP contribution in [0.1, 0.15) is 33.8 Å². The molecule has 2 aromatic rings. The smallest absolute Gasteiger partial charge is 0.421 e. The molecule has 140 valence electrons. The number of halogens is 3. The van der Waals surface area contributed by atoms with Gasteiger partial charge in [-0.05, 0) is 31.9 Å². The van der Waals surface area contributed by atoms with Gasteiger partial charge in [0, 0.05) is 25.2 Å². The van der Waals surface area contributed by atoms with E-state index in [0.717, 1.165) is 18.9 Å². The fourth-order valence-electron chi connectivity index (χ4n) is 2.95. The number of nitrogens with zero attached hydrogens (tertiary/aromatic N) is 3. The van der Waals surface area contributed by atoms with Gasteiger partial charge in [-0.25, -0.2) is 9.97 Å². The lowest BCUT2D eigenvalue weighted by Crippen LogP contribution is -2.41. The van der Waals surface area contributed by atoms with Crippen molar-refractivity contribution in [2.45, 2.75) is 25.9 Å². The Hall–Kier alpha value is -2.16. The van der Waals surface area contributed by atoms with E-state index < -0.39 is 17.6 Å². The second-order valence-electron chi connectivity index (χ2n) is 6.19. The Balaban J connectivity index is 1.63. The molecule has 0 aliphatic carbocycles. The van der Waals surface area contributed by atoms with Gasteiger partial charge in [0.2, 0.25) is 5.88 Å². The monoisotopic (exact) mass is 385 g/mol. The summed E-state index contributed by atoms with van der Waals surface area (Å²) in [6.07, 6.45) is -1.67. The molecule has 0 bridgehead atoms. The number of thiazole rings is 1. The summed E-state index contributed by atoms with van der Waals surface area (Å²) in [5, 5.41) is 0. The Kier molecular flexibility index (Phi) is 5.45. The highest BCUT2D eigenvalue weighted by molar-refractivity contribution is 7.11. The molecule has 1 amide bonds. The van der Waals surface area contributed by atoms with Crippen molar-refractivity contribution in [1.82, 2.24) is 14.9 Å². The van der Waals surface area contributed by atoms with Crippen LogP contribution in [-0.4, -0.2) is 40.5 Å². The summed E-state index contributed by atoms with van der Waals surface area (Å²) < 4.78 is 44.4. The molecule has 1 aliphatic heterocycles. The lowest BCUT2D eigenvalue weighted by Gasteiger charge is -2.32. The quantitative estimate of drug-likeness (QED) is 0.803. The number of rotatable bonds is 4. The van der Waals surface area contributed by atoms with Gasteiger partial charge in [0.1, 0.15) is 10.4 Å². The zero-order valence-electron chi connectivity index (χ0n) is 14.1. The zero-order chi connectivity index (χ0) is 18.7. The van der Waals surface area contributed by atoms with Crippen molar-refractivity contribution in [2.75, 3.05) is 19.7 Å². The topological polar surface area (TPSA) is 55.3 Å². The number of aryl methyl sites for hydroxylation is 1. The molecule has 1 aliphatic rings. The van der Waals surface area contributed by atoms with Crippen molar-refractivity contribution in [1.29, 1.82) is 0 Å². The fourth-order valence-corrected chi connectivity index (χ4v) is 3.72. The molecule has 3 heterocycles. The number of hydrogen-bond acceptors (Lipinski definition) is 5. The molecule has 0 N–H and O–H groups in total. The van der Waals surface area contributed by atoms with E-state index in [1.807, 2.05) is 0 Å². The van der Waals surface area contributed by atoms with E-state index in [2.05, 4.69) is 9.97 Å². The first-order valence-electron chi connectivity index (χ1n) is 8.20. The molecule has 0 saturated carbocycles. The predicted molar refractivity (Wildman–Crippen MR) is 90.2 cm³/mol. The van der Waals surface area contributed by atoms with Crippen LogP contribution in [0.5, 0.6) is 5.88 Å². The average molecular weight is 385 g/mol. The Morgan fingerprint density at radius 1 is 1.42 bits per heavy atom. The van der Waals surface area contributed by atoms with Gasteiger partial charge in [0.15, 0.2) is 0 Å². The van der Waals surface area contributed by atoms with Crippen LogP contribution in [0, 0.1) is 12.8 Å². The van der Waals surface area contributed by atoms with Crippen LogP contribution >= 0.6 is 11.3 Å². The first-order valence-corrected chi connectivity index (χ1v) is 9.08. The second kappa shape index (κ2) is 7.61. The summed E-state index contributed by atoms with van der Waals surface area (Å²) in [6, 6.07) is 2.18. The number of carbonyl (C=O) groups excluding carboxylic acids is 1. The number of alkyl halides is 3. The second-order valence-corrected chi connectivity index (χ2v) is 7.05. The molecular formula is C17H18F3N3O2S. The Labute approximate surface area is 152 Å². The minimum atomic E-state index is -4.51. The summed E-state index contributed by atoms with van der Waals surface area (Å²) in [5.74, 6) is -0.533. The van der Waals surface area contributed by atoms with Crippen LogP contribution in [0.3, 0.4) is 0 Å². The number of likely N-dealkylation sites (tertiary alicyclic amines) is 1. The number of aromatic nitrogens is 2. The number of amides is 1. The SMILES string of the molecule is Cc1ncsc1C(=O)N1CCCC(COc2ncccc2C(F)(F)F)C1. The number of ether oxygens (including phenoxy) is 1. The first-order chi connectivity index (χ1) is 12.4. The summed E-state index contributed by atoms with van der Waals surface area (Å²) in [6.45, 7) is 2.95. The van der Waals surface area contributed by atoms with E-state index in [0.29, 0.717) is 23.7 Å². The van der Waals surface area contributed by atoms with E-state index in [1.54, 1.807) is 17.3 Å². The summed E-state index contributed by atoms with van der Waals surface area (Å²) >= 11 is 1.30. The lowest BCUT2D eigenvalue weighted by molar-refractivity contribution is -0.139. The minimum Gasteiger partial charge on any atom is -0.477 e. The van der Waals surface area contributed by atoms with Crippen molar-refractivity contribution in [2.24, 2.45) is 5.92 Å². The van der Waals surface area contributed by atoms with Gasteiger partial charge in [-0.3, -0.25) is 4.79 Å². The molecule has 0 aromatic carbocycles. The standard InChI is InChI=1S/C17H18F3N3O2S/c1-11-14(26-10-22-11)16(24)23-7-3-4-12(8-23)9-25-15-13(17(18,19)20)5-2-6-21-15/h2,5-6,10,12H,3-4,7-9H2,1H3. The van der Waals surface area contributed by atoms with Crippen LogP contribution in [0.4, 0.5) is 13.2 Å². The highest BCUT2D eigenvalue weighted by Crippen LogP contribution is 2.35. The van der Waals surface area contributed by atoms with Crippen LogP contribution in [0.25, 0.3) is 0 Å². The predicted octanol–water partition coefficient (Wildman–Crippen LogP) is 3.80. The Bertz CT molecular complexity index is 779. The third-order valence-corrected chi connectivity index (χ3v) is 5.19. The molecule has 0 radical (unpaired) electrons. The largest absolute Gasteiger partial charge is 0.477 e. The van der Waals surface area contributed by atoms with Gasteiger partial charge in [-0.2, -0.15) is 13.2 Å². The maximum Gasteiger partial charge on any atom is 0.421 e. The summed E-state index contributed by atoms with van der Waals surface area (Å²) in [7, 11) is 0. The van der Waals surface area contributed by atoms with Crippen molar-refractivity contribution < 1.29 is 22.7 Å². The van der Waals surface area contributed by atoms with Gasteiger partial charge in [0.05, 0.1) is 17.8 Å². The summed E-state index contributed by atoms with van der Waals surface area (Å²) in [4.78, 5) is 22.7. The van der Waals surface area contributed by atoms with Crippen LogP contribution in [0.2, 0.25) is 0 Å². The first kappa shape index (κ1) is 18.6. The minimum absolute atomic E-state index is 0.0379. The number of carbonyl (C=O) groups is 1. The fraction of sp³-hybridized carbons (Fsp3) is 0.471. The highest BCUT2D eigenvalue weighted by Gasteiger charge is 2.35. The van der Waals surface area contributed by atoms with Gasteiger partial charge >= 0.3 is 6.18 Å². The zero-order valence-corrected chi connectivity index (χ0v) is 14.9. The molecule has 9 heteroatoms. The molecule has 1 saturated heterocycles. The van der Waals surface area contributed by atoms with E-state index in [9.17, 15) is 18.0 Å². The molecule has 1 fully saturated rings. The van der Waals surface area contributed by atoms with E-state index in [4.69, 9.17) is 4.74 Å². The maximum atomic E-state index is 13.0. The van der Waals surface area contributed by atoms with Gasteiger partial charge in [-0.15, -0.1) is 11.3 Å². The summed E-state index contributed by atoms with van der Waals surface area (Å²) in [5.41, 5.74) is 1.44. The molecule has 1 unspecified atom stereocenters. The highest BCUT2D eigenvalue weighted by atomic mass is 32.1.